The average molecular weight is 700 g/mol. The van der Waals surface area contributed by atoms with Gasteiger partial charge in [-0.1, -0.05) is 12.1 Å². The molecule has 3 aromatic carbocycles. The Labute approximate surface area is 295 Å². The van der Waals surface area contributed by atoms with Gasteiger partial charge in [0, 0.05) is 49.0 Å². The summed E-state index contributed by atoms with van der Waals surface area (Å²) in [6, 6.07) is 20.6. The van der Waals surface area contributed by atoms with E-state index in [2.05, 4.69) is 25.7 Å². The van der Waals surface area contributed by atoms with Crippen LogP contribution in [-0.2, 0) is 11.8 Å². The Morgan fingerprint density at radius 2 is 1.73 bits per heavy atom. The van der Waals surface area contributed by atoms with E-state index in [1.54, 1.807) is 55.2 Å². The first kappa shape index (κ1) is 33.4. The van der Waals surface area contributed by atoms with Crippen molar-refractivity contribution in [3.63, 3.8) is 0 Å². The van der Waals surface area contributed by atoms with E-state index in [-0.39, 0.29) is 35.4 Å². The van der Waals surface area contributed by atoms with Gasteiger partial charge in [-0.25, -0.2) is 14.4 Å². The molecule has 0 fully saturated rings. The molecule has 2 N–H and O–H groups in total. The van der Waals surface area contributed by atoms with Gasteiger partial charge in [-0.15, -0.1) is 0 Å². The summed E-state index contributed by atoms with van der Waals surface area (Å²) in [6.45, 7) is 3.40. The van der Waals surface area contributed by atoms with Gasteiger partial charge in [-0.05, 0) is 79.2 Å². The Balaban J connectivity index is 1.20. The number of hydrogen-bond acceptors (Lipinski definition) is 9. The van der Waals surface area contributed by atoms with E-state index in [9.17, 15) is 18.8 Å². The maximum absolute atomic E-state index is 13.5. The summed E-state index contributed by atoms with van der Waals surface area (Å²) in [4.78, 5) is 47.6. The quantitative estimate of drug-likeness (QED) is 0.154. The second-order valence-electron chi connectivity index (χ2n) is 11.5. The number of anilines is 2. The number of pyridine rings is 1. The molecule has 0 aliphatic heterocycles. The summed E-state index contributed by atoms with van der Waals surface area (Å²) < 4.78 is 34.6. The molecule has 4 heterocycles. The minimum absolute atomic E-state index is 0.111. The summed E-state index contributed by atoms with van der Waals surface area (Å²) >= 11 is 0. The molecular formula is C38H30FN7O6. The topological polar surface area (TPSA) is 155 Å². The minimum Gasteiger partial charge on any atom is -0.493 e. The first-order valence-electron chi connectivity index (χ1n) is 16.1. The van der Waals surface area contributed by atoms with E-state index in [4.69, 9.17) is 13.9 Å². The van der Waals surface area contributed by atoms with Gasteiger partial charge >= 0.3 is 0 Å². The molecule has 0 aliphatic rings. The van der Waals surface area contributed by atoms with Crippen molar-refractivity contribution in [3.05, 3.63) is 126 Å². The van der Waals surface area contributed by atoms with Crippen LogP contribution in [0.4, 0.5) is 15.8 Å². The Morgan fingerprint density at radius 3 is 2.44 bits per heavy atom. The molecule has 0 bridgehead atoms. The first-order chi connectivity index (χ1) is 25.2. The van der Waals surface area contributed by atoms with E-state index >= 15 is 0 Å². The highest BCUT2D eigenvalue weighted by Gasteiger charge is 2.25. The normalized spacial score (nSPS) is 11.0. The largest absolute Gasteiger partial charge is 0.493 e. The van der Waals surface area contributed by atoms with Gasteiger partial charge < -0.3 is 24.5 Å². The number of nitrogens with one attached hydrogen (secondary N) is 2. The Bertz CT molecular complexity index is 2510. The number of nitrogens with zero attached hydrogens (tertiary/aromatic N) is 5. The number of rotatable bonds is 10. The number of furan rings is 1. The summed E-state index contributed by atoms with van der Waals surface area (Å²) in [5.41, 5.74) is 2.82. The van der Waals surface area contributed by atoms with Crippen LogP contribution in [0.15, 0.2) is 113 Å². The van der Waals surface area contributed by atoms with E-state index < -0.39 is 17.3 Å². The van der Waals surface area contributed by atoms with Gasteiger partial charge in [0.2, 0.25) is 17.5 Å². The Morgan fingerprint density at radius 1 is 0.942 bits per heavy atom. The van der Waals surface area contributed by atoms with Gasteiger partial charge in [0.05, 0.1) is 18.4 Å². The van der Waals surface area contributed by atoms with Crippen LogP contribution in [-0.4, -0.2) is 42.7 Å². The highest BCUT2D eigenvalue weighted by atomic mass is 19.1. The third-order valence-electron chi connectivity index (χ3n) is 7.90. The number of aryl methyl sites for hydroxylation is 1. The molecular weight excluding hydrogens is 669 g/mol. The summed E-state index contributed by atoms with van der Waals surface area (Å²) in [7, 11) is 1.80. The zero-order valence-electron chi connectivity index (χ0n) is 28.1. The molecule has 13 nitrogen and oxygen atoms in total. The zero-order valence-corrected chi connectivity index (χ0v) is 28.1. The van der Waals surface area contributed by atoms with Crippen molar-refractivity contribution in [2.75, 3.05) is 17.2 Å². The second-order valence-corrected chi connectivity index (χ2v) is 11.5. The second kappa shape index (κ2) is 14.0. The Kier molecular flexibility index (Phi) is 9.01. The van der Waals surface area contributed by atoms with Crippen LogP contribution in [0.25, 0.3) is 39.2 Å². The number of fused-ring (bicyclic) bond motifs is 1. The van der Waals surface area contributed by atoms with Crippen molar-refractivity contribution in [1.82, 2.24) is 24.3 Å². The molecule has 0 saturated carbocycles. The molecule has 0 aliphatic carbocycles. The number of carbonyl (C=O) groups excluding carboxylic acids is 2. The lowest BCUT2D eigenvalue weighted by Gasteiger charge is -2.14. The molecule has 0 atom stereocenters. The number of carbonyl (C=O) groups is 2. The van der Waals surface area contributed by atoms with Gasteiger partial charge in [0.25, 0.3) is 11.5 Å². The fourth-order valence-corrected chi connectivity index (χ4v) is 5.68. The monoisotopic (exact) mass is 699 g/mol. The van der Waals surface area contributed by atoms with Gasteiger partial charge in [0.15, 0.2) is 0 Å². The van der Waals surface area contributed by atoms with E-state index in [1.165, 1.54) is 54.3 Å². The maximum Gasteiger partial charge on any atom is 0.271 e. The fourth-order valence-electron chi connectivity index (χ4n) is 5.68. The maximum atomic E-state index is 13.5. The predicted molar refractivity (Wildman–Crippen MR) is 191 cm³/mol. The van der Waals surface area contributed by atoms with E-state index in [0.29, 0.717) is 50.6 Å². The standard InChI is InChI=1S/C38H30FN7O6/c1-4-50-30-16-17-46(28-12-8-25(39)9-13-28)38(49)32(30)35(48)44-26-10-14-29(15-11-26)51-36-33-31(23-6-5-7-27(18-23)43-22(2)47)34(24-19-42-45(3)20-24)52-37(33)41-21-40-36/h5-21H,4H2,1-3H3,(H,43,47)(H,44,48). The Hall–Kier alpha value is -7.09. The van der Waals surface area contributed by atoms with E-state index in [1.807, 2.05) is 24.4 Å². The van der Waals surface area contributed by atoms with Crippen molar-refractivity contribution in [3.8, 4) is 45.5 Å². The molecule has 7 aromatic rings. The molecule has 0 radical (unpaired) electrons. The van der Waals surface area contributed by atoms with E-state index in [0.717, 1.165) is 0 Å². The van der Waals surface area contributed by atoms with Crippen LogP contribution in [0.1, 0.15) is 24.2 Å². The number of ether oxygens (including phenoxy) is 2. The molecule has 14 heteroatoms. The number of amides is 2. The lowest BCUT2D eigenvalue weighted by Crippen LogP contribution is -2.29. The summed E-state index contributed by atoms with van der Waals surface area (Å²) in [6.07, 6.45) is 6.28. The fraction of sp³-hybridized carbons (Fsp3) is 0.105. The molecule has 7 rings (SSSR count). The summed E-state index contributed by atoms with van der Waals surface area (Å²) in [5, 5.41) is 10.3. The molecule has 0 saturated heterocycles. The molecule has 2 amide bonds. The van der Waals surface area contributed by atoms with Crippen LogP contribution < -0.4 is 25.7 Å². The van der Waals surface area contributed by atoms with Crippen LogP contribution in [0.5, 0.6) is 17.4 Å². The first-order valence-corrected chi connectivity index (χ1v) is 16.1. The van der Waals surface area contributed by atoms with Crippen LogP contribution in [0.3, 0.4) is 0 Å². The highest BCUT2D eigenvalue weighted by Crippen LogP contribution is 2.44. The third-order valence-corrected chi connectivity index (χ3v) is 7.90. The van der Waals surface area contributed by atoms with Crippen molar-refractivity contribution in [1.29, 1.82) is 0 Å². The van der Waals surface area contributed by atoms with Gasteiger partial charge in [0.1, 0.15) is 40.4 Å². The number of benzene rings is 3. The summed E-state index contributed by atoms with van der Waals surface area (Å²) in [5.74, 6) is -0.179. The van der Waals surface area contributed by atoms with Crippen LogP contribution >= 0.6 is 0 Å². The van der Waals surface area contributed by atoms with Crippen molar-refractivity contribution < 1.29 is 27.9 Å². The number of hydrogen-bond donors (Lipinski definition) is 2. The highest BCUT2D eigenvalue weighted by molar-refractivity contribution is 6.06. The van der Waals surface area contributed by atoms with Crippen LogP contribution in [0, 0.1) is 5.82 Å². The molecule has 0 unspecified atom stereocenters. The average Bonchev–Trinajstić information content (AvgIpc) is 3.74. The lowest BCUT2D eigenvalue weighted by atomic mass is 10.0. The van der Waals surface area contributed by atoms with Gasteiger partial charge in [-0.2, -0.15) is 5.10 Å². The molecule has 260 valence electrons. The molecule has 4 aromatic heterocycles. The SMILES string of the molecule is CCOc1ccn(-c2ccc(F)cc2)c(=O)c1C(=O)Nc1ccc(Oc2ncnc3oc(-c4cnn(C)c4)c(-c4cccc(NC(C)=O)c4)c23)cc1. The lowest BCUT2D eigenvalue weighted by molar-refractivity contribution is -0.114. The van der Waals surface area contributed by atoms with Crippen LogP contribution in [0.2, 0.25) is 0 Å². The number of aromatic nitrogens is 5. The number of halogens is 1. The minimum atomic E-state index is -0.691. The van der Waals surface area contributed by atoms with Crippen molar-refractivity contribution in [2.45, 2.75) is 13.8 Å². The van der Waals surface area contributed by atoms with Crippen molar-refractivity contribution in [2.24, 2.45) is 7.05 Å². The smallest absolute Gasteiger partial charge is 0.271 e. The van der Waals surface area contributed by atoms with Gasteiger partial charge in [-0.3, -0.25) is 23.6 Å². The van der Waals surface area contributed by atoms with Crippen molar-refractivity contribution >= 4 is 34.3 Å². The molecule has 52 heavy (non-hydrogen) atoms. The predicted octanol–water partition coefficient (Wildman–Crippen LogP) is 6.98. The molecule has 0 spiro atoms. The zero-order chi connectivity index (χ0) is 36.4. The third kappa shape index (κ3) is 6.72.